The van der Waals surface area contributed by atoms with Gasteiger partial charge >= 0.3 is 5.76 Å². The second-order valence-electron chi connectivity index (χ2n) is 3.55. The number of anilines is 1. The molecule has 0 atom stereocenters. The Balaban J connectivity index is 3.06. The van der Waals surface area contributed by atoms with Crippen LogP contribution in [0.15, 0.2) is 35.5 Å². The van der Waals surface area contributed by atoms with Gasteiger partial charge in [0, 0.05) is 13.0 Å². The van der Waals surface area contributed by atoms with E-state index in [-0.39, 0.29) is 24.5 Å². The van der Waals surface area contributed by atoms with Crippen LogP contribution in [0.4, 0.5) is 14.5 Å². The molecule has 1 rings (SSSR count). The number of hydrogen-bond donors (Lipinski definition) is 2. The number of halogens is 2. The summed E-state index contributed by atoms with van der Waals surface area (Å²) in [5.41, 5.74) is 5.30. The van der Waals surface area contributed by atoms with E-state index in [1.54, 1.807) is 6.07 Å². The third-order valence-corrected chi connectivity index (χ3v) is 3.73. The number of sulfonamides is 1. The van der Waals surface area contributed by atoms with Crippen LogP contribution in [0.25, 0.3) is 0 Å². The molecule has 0 spiro atoms. The first-order chi connectivity index (χ1) is 8.89. The molecule has 0 aliphatic rings. The number of alkyl halides is 2. The summed E-state index contributed by atoms with van der Waals surface area (Å²) in [6, 6.07) is 7.43. The van der Waals surface area contributed by atoms with E-state index in [0.29, 0.717) is 4.31 Å². The lowest BCUT2D eigenvalue weighted by atomic mass is 10.3. The van der Waals surface area contributed by atoms with Crippen LogP contribution < -0.4 is 10.0 Å². The number of benzene rings is 1. The first kappa shape index (κ1) is 15.2. The fourth-order valence-electron chi connectivity index (χ4n) is 1.36. The van der Waals surface area contributed by atoms with Crippen LogP contribution in [0.3, 0.4) is 0 Å². The van der Waals surface area contributed by atoms with Crippen LogP contribution in [-0.4, -0.2) is 31.8 Å². The third kappa shape index (κ3) is 3.78. The lowest BCUT2D eigenvalue weighted by Gasteiger charge is -2.23. The molecule has 1 aromatic carbocycles. The highest BCUT2D eigenvalue weighted by Crippen LogP contribution is 2.22. The van der Waals surface area contributed by atoms with Crippen molar-refractivity contribution >= 4 is 21.5 Å². The predicted octanol–water partition coefficient (Wildman–Crippen LogP) is 1.18. The Kier molecular flexibility index (Phi) is 5.04. The molecule has 0 bridgehead atoms. The fourth-order valence-corrected chi connectivity index (χ4v) is 2.31. The highest BCUT2D eigenvalue weighted by Gasteiger charge is 2.32. The fraction of sp³-hybridized carbons (Fsp3) is 0.300. The molecular weight excluding hydrogens is 280 g/mol. The van der Waals surface area contributed by atoms with Gasteiger partial charge in [-0.3, -0.25) is 4.31 Å². The van der Waals surface area contributed by atoms with Gasteiger partial charge in [-0.1, -0.05) is 23.4 Å². The van der Waals surface area contributed by atoms with Gasteiger partial charge in [0.25, 0.3) is 10.0 Å². The Morgan fingerprint density at radius 2 is 1.95 bits per heavy atom. The van der Waals surface area contributed by atoms with Crippen molar-refractivity contribution in [3.8, 4) is 0 Å². The zero-order valence-electron chi connectivity index (χ0n) is 9.78. The molecule has 1 aromatic rings. The largest absolute Gasteiger partial charge is 0.409 e. The Morgan fingerprint density at radius 1 is 1.37 bits per heavy atom. The van der Waals surface area contributed by atoms with Crippen molar-refractivity contribution < 1.29 is 22.4 Å². The van der Waals surface area contributed by atoms with E-state index < -0.39 is 15.8 Å². The number of nitrogens with two attached hydrogens (primary N) is 1. The highest BCUT2D eigenvalue weighted by molar-refractivity contribution is 7.93. The van der Waals surface area contributed by atoms with Gasteiger partial charge in [-0.05, 0) is 12.1 Å². The van der Waals surface area contributed by atoms with Gasteiger partial charge in [0.2, 0.25) is 0 Å². The first-order valence-corrected chi connectivity index (χ1v) is 6.71. The summed E-state index contributed by atoms with van der Waals surface area (Å²) in [4.78, 5) is 0. The number of rotatable bonds is 6. The average Bonchev–Trinajstić information content (AvgIpc) is 2.39. The van der Waals surface area contributed by atoms with Crippen molar-refractivity contribution in [1.82, 2.24) is 0 Å². The van der Waals surface area contributed by atoms with E-state index in [2.05, 4.69) is 5.16 Å². The predicted molar refractivity (Wildman–Crippen MR) is 66.7 cm³/mol. The van der Waals surface area contributed by atoms with Crippen molar-refractivity contribution in [2.75, 3.05) is 10.8 Å². The molecular formula is C10H13F2N3O3S. The van der Waals surface area contributed by atoms with E-state index >= 15 is 0 Å². The number of hydrogen-bond acceptors (Lipinski definition) is 4. The van der Waals surface area contributed by atoms with Crippen LogP contribution in [0, 0.1) is 0 Å². The number of oxime groups is 1. The summed E-state index contributed by atoms with van der Waals surface area (Å²) in [5, 5.41) is 11.0. The maximum atomic E-state index is 12.6. The minimum atomic E-state index is -4.79. The zero-order valence-corrected chi connectivity index (χ0v) is 10.6. The molecule has 0 aliphatic carbocycles. The molecule has 0 saturated heterocycles. The van der Waals surface area contributed by atoms with Crippen LogP contribution in [-0.2, 0) is 10.0 Å². The monoisotopic (exact) mass is 293 g/mol. The van der Waals surface area contributed by atoms with Gasteiger partial charge in [-0.25, -0.2) is 8.42 Å². The lowest BCUT2D eigenvalue weighted by Crippen LogP contribution is -2.37. The van der Waals surface area contributed by atoms with Gasteiger partial charge in [-0.2, -0.15) is 8.78 Å². The average molecular weight is 293 g/mol. The maximum Gasteiger partial charge on any atom is 0.355 e. The molecule has 106 valence electrons. The SMILES string of the molecule is N/C(CCN(c1ccccc1)S(=O)(=O)C(F)F)=N/O. The molecule has 0 fully saturated rings. The molecule has 3 N–H and O–H groups in total. The number of nitrogens with zero attached hydrogens (tertiary/aromatic N) is 2. The molecule has 0 heterocycles. The van der Waals surface area contributed by atoms with Gasteiger partial charge in [0.05, 0.1) is 5.69 Å². The van der Waals surface area contributed by atoms with Crippen molar-refractivity contribution in [3.05, 3.63) is 30.3 Å². The summed E-state index contributed by atoms with van der Waals surface area (Å²) >= 11 is 0. The second-order valence-corrected chi connectivity index (χ2v) is 5.38. The molecule has 0 saturated carbocycles. The minimum absolute atomic E-state index is 0.0912. The zero-order chi connectivity index (χ0) is 14.5. The quantitative estimate of drug-likeness (QED) is 0.356. The Morgan fingerprint density at radius 3 is 2.42 bits per heavy atom. The standard InChI is InChI=1S/C10H13F2N3O3S/c11-10(12)19(17,18)15(7-6-9(13)14-16)8-4-2-1-3-5-8/h1-5,10,16H,6-7H2,(H2,13,14). The van der Waals surface area contributed by atoms with Crippen molar-refractivity contribution in [2.45, 2.75) is 12.2 Å². The van der Waals surface area contributed by atoms with Crippen LogP contribution in [0.5, 0.6) is 0 Å². The minimum Gasteiger partial charge on any atom is -0.409 e. The first-order valence-electron chi connectivity index (χ1n) is 5.20. The van der Waals surface area contributed by atoms with Gasteiger partial charge in [0.1, 0.15) is 5.84 Å². The van der Waals surface area contributed by atoms with E-state index in [1.807, 2.05) is 0 Å². The smallest absolute Gasteiger partial charge is 0.355 e. The number of amidine groups is 1. The van der Waals surface area contributed by atoms with Crippen LogP contribution in [0.2, 0.25) is 0 Å². The molecule has 0 radical (unpaired) electrons. The van der Waals surface area contributed by atoms with Crippen LogP contribution in [0.1, 0.15) is 6.42 Å². The molecule has 0 amide bonds. The van der Waals surface area contributed by atoms with Gasteiger partial charge < -0.3 is 10.9 Å². The van der Waals surface area contributed by atoms with Crippen LogP contribution >= 0.6 is 0 Å². The molecule has 0 aliphatic heterocycles. The van der Waals surface area contributed by atoms with Crippen molar-refractivity contribution in [3.63, 3.8) is 0 Å². The lowest BCUT2D eigenvalue weighted by molar-refractivity contribution is 0.234. The molecule has 19 heavy (non-hydrogen) atoms. The van der Waals surface area contributed by atoms with Crippen molar-refractivity contribution in [1.29, 1.82) is 0 Å². The summed E-state index contributed by atoms with van der Waals surface area (Å²) in [7, 11) is -4.79. The Bertz CT molecular complexity index is 534. The summed E-state index contributed by atoms with van der Waals surface area (Å²) in [6.07, 6.45) is -0.169. The second kappa shape index (κ2) is 6.32. The summed E-state index contributed by atoms with van der Waals surface area (Å²) in [6.45, 7) is -0.341. The van der Waals surface area contributed by atoms with Gasteiger partial charge in [0.15, 0.2) is 0 Å². The highest BCUT2D eigenvalue weighted by atomic mass is 32.2. The van der Waals surface area contributed by atoms with Crippen molar-refractivity contribution in [2.24, 2.45) is 10.9 Å². The van der Waals surface area contributed by atoms with E-state index in [0.717, 1.165) is 0 Å². The van der Waals surface area contributed by atoms with Gasteiger partial charge in [-0.15, -0.1) is 0 Å². The Hall–Kier alpha value is -1.90. The normalized spacial score (nSPS) is 12.7. The van der Waals surface area contributed by atoms with E-state index in [4.69, 9.17) is 10.9 Å². The summed E-state index contributed by atoms with van der Waals surface area (Å²) in [5.74, 6) is -3.79. The Labute approximate surface area is 109 Å². The molecule has 6 nitrogen and oxygen atoms in total. The molecule has 0 unspecified atom stereocenters. The molecule has 0 aromatic heterocycles. The maximum absolute atomic E-state index is 12.6. The number of para-hydroxylation sites is 1. The van der Waals surface area contributed by atoms with E-state index in [1.165, 1.54) is 24.3 Å². The topological polar surface area (TPSA) is 96.0 Å². The summed E-state index contributed by atoms with van der Waals surface area (Å²) < 4.78 is 48.9. The molecule has 9 heteroatoms. The van der Waals surface area contributed by atoms with E-state index in [9.17, 15) is 17.2 Å². The third-order valence-electron chi connectivity index (χ3n) is 2.28.